The fraction of sp³-hybridized carbons (Fsp3) is 0.125. The van der Waals surface area contributed by atoms with Crippen LogP contribution in [0.25, 0.3) is 6.08 Å². The molecule has 0 radical (unpaired) electrons. The minimum atomic E-state index is -0.666. The Hall–Kier alpha value is -2.62. The Morgan fingerprint density at radius 1 is 1.10 bits per heavy atom. The molecule has 100 valence electrons. The van der Waals surface area contributed by atoms with Crippen LogP contribution in [-0.2, 0) is 0 Å². The molecular weight excluding hydrogens is 254 g/mol. The van der Waals surface area contributed by atoms with Gasteiger partial charge in [0, 0.05) is 17.2 Å². The molecule has 4 heteroatoms. The van der Waals surface area contributed by atoms with Crippen molar-refractivity contribution in [3.8, 4) is 5.75 Å². The summed E-state index contributed by atoms with van der Waals surface area (Å²) >= 11 is 0. The van der Waals surface area contributed by atoms with Crippen LogP contribution in [0.15, 0.2) is 54.2 Å². The Morgan fingerprint density at radius 3 is 2.50 bits per heavy atom. The molecule has 0 unspecified atom stereocenters. The Kier molecular flexibility index (Phi) is 2.99. The summed E-state index contributed by atoms with van der Waals surface area (Å²) in [6.45, 7) is 1.98. The molecule has 1 atom stereocenters. The van der Waals surface area contributed by atoms with Crippen LogP contribution in [0.2, 0.25) is 0 Å². The van der Waals surface area contributed by atoms with E-state index in [1.165, 1.54) is 0 Å². The van der Waals surface area contributed by atoms with Crippen LogP contribution < -0.4 is 4.74 Å². The van der Waals surface area contributed by atoms with E-state index < -0.39 is 6.10 Å². The van der Waals surface area contributed by atoms with Crippen molar-refractivity contribution >= 4 is 6.08 Å². The minimum Gasteiger partial charge on any atom is -0.474 e. The van der Waals surface area contributed by atoms with Gasteiger partial charge in [-0.05, 0) is 13.0 Å². The number of hydrogen-bond donors (Lipinski definition) is 0. The predicted octanol–water partition coefficient (Wildman–Crippen LogP) is 3.75. The summed E-state index contributed by atoms with van der Waals surface area (Å²) in [5, 5.41) is 11.3. The summed E-state index contributed by atoms with van der Waals surface area (Å²) in [5.41, 5.74) is 2.69. The zero-order valence-electron chi connectivity index (χ0n) is 10.9. The van der Waals surface area contributed by atoms with Crippen molar-refractivity contribution in [3.05, 3.63) is 81.0 Å². The molecule has 1 heterocycles. The smallest absolute Gasteiger partial charge is 0.291 e. The molecule has 0 aliphatic carbocycles. The Balaban J connectivity index is 2.08. The van der Waals surface area contributed by atoms with Crippen LogP contribution in [0.5, 0.6) is 5.75 Å². The lowest BCUT2D eigenvalue weighted by Crippen LogP contribution is -2.19. The summed E-state index contributed by atoms with van der Waals surface area (Å²) < 4.78 is 5.82. The van der Waals surface area contributed by atoms with Crippen LogP contribution in [0.4, 0.5) is 0 Å². The molecular formula is C16H13NO3. The van der Waals surface area contributed by atoms with Gasteiger partial charge >= 0.3 is 0 Å². The second-order valence-electron chi connectivity index (χ2n) is 4.77. The average Bonchev–Trinajstić information content (AvgIpc) is 2.46. The molecule has 0 saturated carbocycles. The quantitative estimate of drug-likeness (QED) is 0.615. The number of aryl methyl sites for hydroxylation is 1. The Bertz CT molecular complexity index is 689. The number of rotatable bonds is 2. The molecule has 1 aliphatic heterocycles. The summed E-state index contributed by atoms with van der Waals surface area (Å²) in [7, 11) is 0. The maximum Gasteiger partial charge on any atom is 0.291 e. The molecule has 0 bridgehead atoms. The molecule has 3 rings (SSSR count). The van der Waals surface area contributed by atoms with Crippen molar-refractivity contribution in [2.45, 2.75) is 13.0 Å². The molecule has 2 aromatic rings. The summed E-state index contributed by atoms with van der Waals surface area (Å²) in [6.07, 6.45) is 0.920. The molecule has 0 spiro atoms. The predicted molar refractivity (Wildman–Crippen MR) is 76.0 cm³/mol. The standard InChI is InChI=1S/C16H13NO3/c1-11-6-8-12(9-7-11)16-14(17(18)19)10-13-4-2-3-5-15(13)20-16/h2-10,16H,1H3/t16-/m0/s1. The summed E-state index contributed by atoms with van der Waals surface area (Å²) in [5.74, 6) is 0.670. The molecule has 20 heavy (non-hydrogen) atoms. The first-order valence-corrected chi connectivity index (χ1v) is 6.33. The van der Waals surface area contributed by atoms with Gasteiger partial charge in [-0.15, -0.1) is 0 Å². The van der Waals surface area contributed by atoms with Crippen molar-refractivity contribution in [1.29, 1.82) is 0 Å². The van der Waals surface area contributed by atoms with Gasteiger partial charge in [-0.25, -0.2) is 0 Å². The van der Waals surface area contributed by atoms with E-state index in [2.05, 4.69) is 0 Å². The maximum atomic E-state index is 11.3. The van der Waals surface area contributed by atoms with Crippen molar-refractivity contribution in [2.24, 2.45) is 0 Å². The number of benzene rings is 2. The van der Waals surface area contributed by atoms with E-state index in [0.29, 0.717) is 5.75 Å². The Morgan fingerprint density at radius 2 is 1.80 bits per heavy atom. The van der Waals surface area contributed by atoms with Gasteiger partial charge in [0.05, 0.1) is 4.92 Å². The highest BCUT2D eigenvalue weighted by molar-refractivity contribution is 5.62. The highest BCUT2D eigenvalue weighted by atomic mass is 16.6. The first kappa shape index (κ1) is 12.4. The topological polar surface area (TPSA) is 52.4 Å². The first-order chi connectivity index (χ1) is 9.65. The van der Waals surface area contributed by atoms with Crippen LogP contribution in [0, 0.1) is 17.0 Å². The lowest BCUT2D eigenvalue weighted by atomic mass is 10.0. The molecule has 0 fully saturated rings. The van der Waals surface area contributed by atoms with Gasteiger partial charge in [-0.3, -0.25) is 10.1 Å². The summed E-state index contributed by atoms with van der Waals surface area (Å²) in [4.78, 5) is 10.9. The van der Waals surface area contributed by atoms with E-state index in [1.54, 1.807) is 6.08 Å². The fourth-order valence-corrected chi connectivity index (χ4v) is 2.26. The molecule has 2 aromatic carbocycles. The van der Waals surface area contributed by atoms with Crippen LogP contribution in [-0.4, -0.2) is 4.92 Å². The number of nitro groups is 1. The molecule has 1 aliphatic rings. The number of hydrogen-bond acceptors (Lipinski definition) is 3. The molecule has 0 amide bonds. The van der Waals surface area contributed by atoms with Gasteiger partial charge in [0.1, 0.15) is 5.75 Å². The first-order valence-electron chi connectivity index (χ1n) is 6.33. The number of ether oxygens (including phenoxy) is 1. The van der Waals surface area contributed by atoms with Gasteiger partial charge in [0.15, 0.2) is 0 Å². The van der Waals surface area contributed by atoms with E-state index in [4.69, 9.17) is 4.74 Å². The summed E-state index contributed by atoms with van der Waals surface area (Å²) in [6, 6.07) is 14.9. The lowest BCUT2D eigenvalue weighted by molar-refractivity contribution is -0.434. The Labute approximate surface area is 116 Å². The van der Waals surface area contributed by atoms with Gasteiger partial charge < -0.3 is 4.74 Å². The van der Waals surface area contributed by atoms with E-state index in [0.717, 1.165) is 16.7 Å². The third-order valence-electron chi connectivity index (χ3n) is 3.33. The van der Waals surface area contributed by atoms with E-state index >= 15 is 0 Å². The second kappa shape index (κ2) is 4.81. The van der Waals surface area contributed by atoms with Gasteiger partial charge in [-0.1, -0.05) is 48.0 Å². The maximum absolute atomic E-state index is 11.3. The van der Waals surface area contributed by atoms with Gasteiger partial charge in [0.25, 0.3) is 5.70 Å². The van der Waals surface area contributed by atoms with E-state index in [-0.39, 0.29) is 10.6 Å². The zero-order valence-corrected chi connectivity index (χ0v) is 10.9. The molecule has 4 nitrogen and oxygen atoms in total. The largest absolute Gasteiger partial charge is 0.474 e. The van der Waals surface area contributed by atoms with Crippen molar-refractivity contribution in [3.63, 3.8) is 0 Å². The van der Waals surface area contributed by atoms with Crippen LogP contribution in [0.3, 0.4) is 0 Å². The van der Waals surface area contributed by atoms with Crippen molar-refractivity contribution < 1.29 is 9.66 Å². The van der Waals surface area contributed by atoms with Crippen LogP contribution in [0.1, 0.15) is 22.8 Å². The van der Waals surface area contributed by atoms with Crippen molar-refractivity contribution in [1.82, 2.24) is 0 Å². The van der Waals surface area contributed by atoms with E-state index in [9.17, 15) is 10.1 Å². The molecule has 0 aromatic heterocycles. The third kappa shape index (κ3) is 2.16. The lowest BCUT2D eigenvalue weighted by Gasteiger charge is -2.22. The third-order valence-corrected chi connectivity index (χ3v) is 3.33. The second-order valence-corrected chi connectivity index (χ2v) is 4.77. The zero-order chi connectivity index (χ0) is 14.1. The SMILES string of the molecule is Cc1ccc([C@@H]2Oc3ccccc3C=C2[N+](=O)[O-])cc1. The number of fused-ring (bicyclic) bond motifs is 1. The van der Waals surface area contributed by atoms with Crippen LogP contribution >= 0.6 is 0 Å². The normalized spacial score (nSPS) is 16.9. The molecule has 0 N–H and O–H groups in total. The molecule has 0 saturated heterocycles. The van der Waals surface area contributed by atoms with E-state index in [1.807, 2.05) is 55.5 Å². The fourth-order valence-electron chi connectivity index (χ4n) is 2.26. The number of para-hydroxylation sites is 1. The monoisotopic (exact) mass is 267 g/mol. The highest BCUT2D eigenvalue weighted by Crippen LogP contribution is 2.37. The van der Waals surface area contributed by atoms with Gasteiger partial charge in [-0.2, -0.15) is 0 Å². The number of nitrogens with zero attached hydrogens (tertiary/aromatic N) is 1. The highest BCUT2D eigenvalue weighted by Gasteiger charge is 2.32. The van der Waals surface area contributed by atoms with Gasteiger partial charge in [0.2, 0.25) is 6.10 Å². The average molecular weight is 267 g/mol. The van der Waals surface area contributed by atoms with Crippen molar-refractivity contribution in [2.75, 3.05) is 0 Å². The minimum absolute atomic E-state index is 0.0625.